The summed E-state index contributed by atoms with van der Waals surface area (Å²) in [5.41, 5.74) is 16.3. The Morgan fingerprint density at radius 1 is 1.21 bits per heavy atom. The van der Waals surface area contributed by atoms with E-state index >= 15 is 0 Å². The summed E-state index contributed by atoms with van der Waals surface area (Å²) in [5.74, 6) is 1.05. The number of primary amides is 1. The number of amides is 1. The summed E-state index contributed by atoms with van der Waals surface area (Å²) in [6.07, 6.45) is 4.94. The average Bonchev–Trinajstić information content (AvgIpc) is 3.48. The Hall–Kier alpha value is -4.41. The van der Waals surface area contributed by atoms with Gasteiger partial charge in [0, 0.05) is 18.3 Å². The summed E-state index contributed by atoms with van der Waals surface area (Å²) in [6.45, 7) is 3.23. The zero-order valence-corrected chi connectivity index (χ0v) is 18.4. The molecule has 0 saturated heterocycles. The first-order valence-electron chi connectivity index (χ1n) is 11.1. The van der Waals surface area contributed by atoms with Crippen molar-refractivity contribution in [1.82, 2.24) is 29.3 Å². The summed E-state index contributed by atoms with van der Waals surface area (Å²) >= 11 is 0. The summed E-state index contributed by atoms with van der Waals surface area (Å²) in [4.78, 5) is 25.4. The second kappa shape index (κ2) is 7.58. The molecule has 1 aliphatic rings. The molecule has 4 N–H and O–H groups in total. The van der Waals surface area contributed by atoms with Crippen molar-refractivity contribution in [3.8, 4) is 28.4 Å². The fraction of sp³-hybridized carbons (Fsp3) is 0.261. The smallest absolute Gasteiger partial charge is 0.294 e. The van der Waals surface area contributed by atoms with E-state index in [9.17, 15) is 4.79 Å². The quantitative estimate of drug-likeness (QED) is 0.408. The van der Waals surface area contributed by atoms with Crippen LogP contribution in [0.3, 0.4) is 0 Å². The lowest BCUT2D eigenvalue weighted by molar-refractivity contribution is -0.121. The molecule has 5 aromatic rings. The molecule has 1 atom stereocenters. The van der Waals surface area contributed by atoms with Crippen LogP contribution in [0.25, 0.3) is 44.9 Å². The van der Waals surface area contributed by atoms with E-state index in [1.165, 1.54) is 0 Å². The number of fused-ring (bicyclic) bond motifs is 1. The maximum Gasteiger partial charge on any atom is 0.294 e. The Labute approximate surface area is 193 Å². The van der Waals surface area contributed by atoms with Gasteiger partial charge in [-0.2, -0.15) is 10.1 Å². The molecule has 11 heteroatoms. The number of nitrogen functional groups attached to an aromatic ring is 1. The minimum Gasteiger partial charge on any atom is -0.491 e. The number of anilines is 1. The number of nitrogens with two attached hydrogens (primary N) is 2. The maximum absolute atomic E-state index is 11.8. The van der Waals surface area contributed by atoms with Gasteiger partial charge in [0.2, 0.25) is 11.6 Å². The van der Waals surface area contributed by atoms with Gasteiger partial charge in [0.05, 0.1) is 18.3 Å². The Morgan fingerprint density at radius 2 is 2.09 bits per heavy atom. The number of oxazole rings is 1. The van der Waals surface area contributed by atoms with E-state index in [0.29, 0.717) is 30.0 Å². The molecule has 0 unspecified atom stereocenters. The van der Waals surface area contributed by atoms with Crippen molar-refractivity contribution in [1.29, 1.82) is 0 Å². The van der Waals surface area contributed by atoms with Gasteiger partial charge in [-0.15, -0.1) is 0 Å². The monoisotopic (exact) mass is 458 g/mol. The van der Waals surface area contributed by atoms with Crippen LogP contribution in [0.2, 0.25) is 0 Å². The minimum atomic E-state index is -0.493. The number of benzene rings is 1. The molecule has 1 aromatic carbocycles. The van der Waals surface area contributed by atoms with Crippen LogP contribution >= 0.6 is 0 Å². The molecule has 5 heterocycles. The van der Waals surface area contributed by atoms with Crippen LogP contribution in [-0.4, -0.2) is 41.8 Å². The number of ether oxygens (including phenoxy) is 1. The Bertz CT molecular complexity index is 1560. The van der Waals surface area contributed by atoms with Crippen LogP contribution in [0.4, 0.5) is 6.01 Å². The van der Waals surface area contributed by atoms with Crippen LogP contribution in [-0.2, 0) is 11.3 Å². The van der Waals surface area contributed by atoms with Crippen molar-refractivity contribution < 1.29 is 13.9 Å². The van der Waals surface area contributed by atoms with Crippen LogP contribution in [0.15, 0.2) is 41.1 Å². The molecule has 1 amide bonds. The third-order valence-corrected chi connectivity index (χ3v) is 6.06. The van der Waals surface area contributed by atoms with Crippen LogP contribution in [0.5, 0.6) is 5.75 Å². The van der Waals surface area contributed by atoms with Crippen molar-refractivity contribution in [3.05, 3.63) is 36.7 Å². The normalized spacial score (nSPS) is 14.3. The number of hydrogen-bond donors (Lipinski definition) is 2. The molecule has 0 saturated carbocycles. The third-order valence-electron chi connectivity index (χ3n) is 6.06. The summed E-state index contributed by atoms with van der Waals surface area (Å²) in [5, 5.41) is 4.37. The minimum absolute atomic E-state index is 0.0774. The molecular formula is C23H22N8O3. The third kappa shape index (κ3) is 3.16. The topological polar surface area (TPSA) is 153 Å². The molecule has 4 aromatic heterocycles. The highest BCUT2D eigenvalue weighted by atomic mass is 16.5. The number of imidazole rings is 1. The van der Waals surface area contributed by atoms with Gasteiger partial charge >= 0.3 is 0 Å². The van der Waals surface area contributed by atoms with Gasteiger partial charge in [0.1, 0.15) is 23.0 Å². The van der Waals surface area contributed by atoms with E-state index in [1.807, 2.05) is 31.3 Å². The number of pyridine rings is 1. The average molecular weight is 458 g/mol. The number of nitrogens with zero attached hydrogens (tertiary/aromatic N) is 6. The van der Waals surface area contributed by atoms with Crippen molar-refractivity contribution in [2.24, 2.45) is 5.73 Å². The van der Waals surface area contributed by atoms with Gasteiger partial charge in [-0.25, -0.2) is 9.97 Å². The summed E-state index contributed by atoms with van der Waals surface area (Å²) < 4.78 is 15.2. The molecule has 1 aliphatic heterocycles. The predicted molar refractivity (Wildman–Crippen MR) is 125 cm³/mol. The number of aryl methyl sites for hydroxylation is 1. The van der Waals surface area contributed by atoms with Gasteiger partial charge < -0.3 is 25.2 Å². The Kier molecular flexibility index (Phi) is 4.51. The highest BCUT2D eigenvalue weighted by Crippen LogP contribution is 2.37. The van der Waals surface area contributed by atoms with Crippen molar-refractivity contribution in [3.63, 3.8) is 0 Å². The second-order valence-corrected chi connectivity index (χ2v) is 8.24. The van der Waals surface area contributed by atoms with Crippen molar-refractivity contribution in [2.75, 3.05) is 12.3 Å². The van der Waals surface area contributed by atoms with Crippen molar-refractivity contribution >= 4 is 34.2 Å². The summed E-state index contributed by atoms with van der Waals surface area (Å²) in [6, 6.07) is 7.21. The van der Waals surface area contributed by atoms with E-state index in [-0.39, 0.29) is 6.01 Å². The predicted octanol–water partition coefficient (Wildman–Crippen LogP) is 2.90. The lowest BCUT2D eigenvalue weighted by atomic mass is 10.1. The first-order valence-corrected chi connectivity index (χ1v) is 11.1. The first-order chi connectivity index (χ1) is 16.5. The lowest BCUT2D eigenvalue weighted by Crippen LogP contribution is -2.26. The number of carbonyl (C=O) groups is 1. The largest absolute Gasteiger partial charge is 0.491 e. The van der Waals surface area contributed by atoms with E-state index < -0.39 is 11.9 Å². The Morgan fingerprint density at radius 3 is 2.91 bits per heavy atom. The van der Waals surface area contributed by atoms with E-state index in [2.05, 4.69) is 19.6 Å². The lowest BCUT2D eigenvalue weighted by Gasteiger charge is -2.10. The molecule has 11 nitrogen and oxygen atoms in total. The SMILES string of the molecule is CC[C@H](C(N)=O)n1cc(-c2cc3c4c(c2)nc(-c2ccc5oc(N)nc5n2)n4CCCO3)cn1. The van der Waals surface area contributed by atoms with E-state index in [4.69, 9.17) is 25.6 Å². The molecule has 0 bridgehead atoms. The van der Waals surface area contributed by atoms with Gasteiger partial charge in [-0.3, -0.25) is 9.48 Å². The summed E-state index contributed by atoms with van der Waals surface area (Å²) in [7, 11) is 0. The molecule has 0 fully saturated rings. The number of aromatic nitrogens is 6. The highest BCUT2D eigenvalue weighted by molar-refractivity contribution is 5.91. The molecular weight excluding hydrogens is 436 g/mol. The number of hydrogen-bond acceptors (Lipinski definition) is 8. The van der Waals surface area contributed by atoms with E-state index in [1.54, 1.807) is 16.9 Å². The highest BCUT2D eigenvalue weighted by Gasteiger charge is 2.23. The molecule has 0 aliphatic carbocycles. The number of rotatable bonds is 5. The fourth-order valence-electron chi connectivity index (χ4n) is 4.46. The molecule has 6 rings (SSSR count). The molecule has 0 radical (unpaired) electrons. The zero-order chi connectivity index (χ0) is 23.4. The first kappa shape index (κ1) is 20.2. The molecule has 172 valence electrons. The standard InChI is InChI=1S/C23H22N8O3/c1-2-16(20(24)32)31-11-13(10-26-31)12-8-15-19-18(9-12)33-7-3-6-30(19)22(28-15)14-4-5-17-21(27-14)29-23(25)34-17/h4-5,8-11,16H,2-3,6-7H2,1H3,(H2,24,32)(H2,25,27,29)/t16-/m1/s1. The zero-order valence-electron chi connectivity index (χ0n) is 18.4. The van der Waals surface area contributed by atoms with Gasteiger partial charge in [0.15, 0.2) is 11.4 Å². The Balaban J connectivity index is 1.49. The van der Waals surface area contributed by atoms with Crippen LogP contribution < -0.4 is 16.2 Å². The van der Waals surface area contributed by atoms with Gasteiger partial charge in [-0.05, 0) is 42.7 Å². The van der Waals surface area contributed by atoms with Crippen LogP contribution in [0.1, 0.15) is 25.8 Å². The maximum atomic E-state index is 11.8. The molecule has 0 spiro atoms. The fourth-order valence-corrected chi connectivity index (χ4v) is 4.46. The van der Waals surface area contributed by atoms with E-state index in [0.717, 1.165) is 46.7 Å². The molecule has 34 heavy (non-hydrogen) atoms. The van der Waals surface area contributed by atoms with Crippen LogP contribution in [0, 0.1) is 0 Å². The number of carbonyl (C=O) groups excluding carboxylic acids is 1. The second-order valence-electron chi connectivity index (χ2n) is 8.24. The van der Waals surface area contributed by atoms with Gasteiger partial charge in [0.25, 0.3) is 6.01 Å². The van der Waals surface area contributed by atoms with Crippen molar-refractivity contribution in [2.45, 2.75) is 32.4 Å². The van der Waals surface area contributed by atoms with Gasteiger partial charge in [-0.1, -0.05) is 6.92 Å².